The maximum atomic E-state index is 11.0. The summed E-state index contributed by atoms with van der Waals surface area (Å²) in [6, 6.07) is 0. The molecule has 0 aliphatic rings. The summed E-state index contributed by atoms with van der Waals surface area (Å²) in [6.07, 6.45) is 0. The second-order valence-electron chi connectivity index (χ2n) is 2.61. The van der Waals surface area contributed by atoms with E-state index in [9.17, 15) is 9.59 Å². The van der Waals surface area contributed by atoms with Crippen molar-refractivity contribution in [3.05, 3.63) is 0 Å². The van der Waals surface area contributed by atoms with Crippen LogP contribution < -0.4 is 5.32 Å². The molecule has 0 bridgehead atoms. The lowest BCUT2D eigenvalue weighted by molar-refractivity contribution is -0.143. The monoisotopic (exact) mass is 189 g/mol. The second kappa shape index (κ2) is 6.42. The summed E-state index contributed by atoms with van der Waals surface area (Å²) in [6.45, 7) is 3.19. The molecule has 0 aromatic heterocycles. The zero-order chi connectivity index (χ0) is 10.3. The minimum atomic E-state index is -0.491. The Morgan fingerprint density at radius 2 is 2.15 bits per heavy atom. The van der Waals surface area contributed by atoms with Crippen LogP contribution in [0.1, 0.15) is 13.8 Å². The highest BCUT2D eigenvalue weighted by Crippen LogP contribution is 1.91. The van der Waals surface area contributed by atoms with Crippen molar-refractivity contribution < 1.29 is 19.4 Å². The van der Waals surface area contributed by atoms with Crippen LogP contribution in [0.25, 0.3) is 0 Å². The Hall–Kier alpha value is -1.10. The van der Waals surface area contributed by atoms with Crippen molar-refractivity contribution in [2.24, 2.45) is 5.92 Å². The molecule has 5 nitrogen and oxygen atoms in total. The zero-order valence-corrected chi connectivity index (χ0v) is 7.87. The number of esters is 1. The molecule has 0 heterocycles. The average Bonchev–Trinajstić information content (AvgIpc) is 2.13. The molecule has 0 saturated heterocycles. The van der Waals surface area contributed by atoms with Crippen molar-refractivity contribution in [2.75, 3.05) is 19.8 Å². The number of aliphatic hydroxyl groups is 1. The molecule has 0 aliphatic heterocycles. The van der Waals surface area contributed by atoms with Crippen LogP contribution in [0.4, 0.5) is 0 Å². The molecule has 2 N–H and O–H groups in total. The topological polar surface area (TPSA) is 75.6 Å². The Morgan fingerprint density at radius 3 is 2.62 bits per heavy atom. The van der Waals surface area contributed by atoms with Gasteiger partial charge < -0.3 is 15.2 Å². The highest BCUT2D eigenvalue weighted by Gasteiger charge is 2.12. The van der Waals surface area contributed by atoms with E-state index in [1.807, 2.05) is 0 Å². The summed E-state index contributed by atoms with van der Waals surface area (Å²) in [4.78, 5) is 21.8. The van der Waals surface area contributed by atoms with Crippen LogP contribution in [0.15, 0.2) is 0 Å². The molecule has 0 fully saturated rings. The van der Waals surface area contributed by atoms with Crippen LogP contribution in [-0.4, -0.2) is 36.7 Å². The lowest BCUT2D eigenvalue weighted by atomic mass is 10.2. The Balaban J connectivity index is 3.63. The first kappa shape index (κ1) is 11.9. The van der Waals surface area contributed by atoms with Gasteiger partial charge in [-0.15, -0.1) is 0 Å². The molecule has 0 spiro atoms. The van der Waals surface area contributed by atoms with E-state index in [2.05, 4.69) is 10.1 Å². The first-order valence-electron chi connectivity index (χ1n) is 4.16. The van der Waals surface area contributed by atoms with Crippen LogP contribution in [0, 0.1) is 5.92 Å². The summed E-state index contributed by atoms with van der Waals surface area (Å²) in [5, 5.41) is 10.9. The van der Waals surface area contributed by atoms with Gasteiger partial charge in [0.25, 0.3) is 0 Å². The number of nitrogens with one attached hydrogen (secondary N) is 1. The van der Waals surface area contributed by atoms with Crippen LogP contribution in [0.5, 0.6) is 0 Å². The predicted molar refractivity (Wildman–Crippen MR) is 45.9 cm³/mol. The van der Waals surface area contributed by atoms with Gasteiger partial charge in [-0.3, -0.25) is 9.59 Å². The molecule has 0 saturated carbocycles. The van der Waals surface area contributed by atoms with Crippen LogP contribution >= 0.6 is 0 Å². The van der Waals surface area contributed by atoms with E-state index in [0.717, 1.165) is 0 Å². The van der Waals surface area contributed by atoms with Crippen LogP contribution in [-0.2, 0) is 14.3 Å². The molecule has 13 heavy (non-hydrogen) atoms. The molecule has 1 atom stereocenters. The minimum Gasteiger partial charge on any atom is -0.465 e. The number of aliphatic hydroxyl groups excluding tert-OH is 1. The largest absolute Gasteiger partial charge is 0.465 e. The maximum Gasteiger partial charge on any atom is 0.325 e. The molecular formula is C8H15NO4. The first-order chi connectivity index (χ1) is 6.11. The molecule has 0 radical (unpaired) electrons. The number of hydrogen-bond donors (Lipinski definition) is 2. The molecule has 1 amide bonds. The molecule has 0 rings (SSSR count). The van der Waals surface area contributed by atoms with Crippen molar-refractivity contribution in [3.8, 4) is 0 Å². The van der Waals surface area contributed by atoms with Gasteiger partial charge in [-0.05, 0) is 6.92 Å². The van der Waals surface area contributed by atoms with E-state index < -0.39 is 11.9 Å². The third kappa shape index (κ3) is 5.19. The van der Waals surface area contributed by atoms with Crippen LogP contribution in [0.3, 0.4) is 0 Å². The van der Waals surface area contributed by atoms with Gasteiger partial charge >= 0.3 is 5.97 Å². The SMILES string of the molecule is CCOC(=O)CNC(=O)C(C)CO. The van der Waals surface area contributed by atoms with Crippen molar-refractivity contribution in [3.63, 3.8) is 0 Å². The number of ether oxygens (including phenoxy) is 1. The van der Waals surface area contributed by atoms with E-state index in [4.69, 9.17) is 5.11 Å². The van der Waals surface area contributed by atoms with E-state index in [-0.39, 0.29) is 19.1 Å². The summed E-state index contributed by atoms with van der Waals surface area (Å²) < 4.78 is 4.59. The number of hydrogen-bond acceptors (Lipinski definition) is 4. The van der Waals surface area contributed by atoms with Crippen molar-refractivity contribution >= 4 is 11.9 Å². The summed E-state index contributed by atoms with van der Waals surface area (Å²) >= 11 is 0. The second-order valence-corrected chi connectivity index (χ2v) is 2.61. The van der Waals surface area contributed by atoms with E-state index >= 15 is 0 Å². The lowest BCUT2D eigenvalue weighted by Crippen LogP contribution is -2.35. The lowest BCUT2D eigenvalue weighted by Gasteiger charge is -2.08. The molecule has 0 aromatic rings. The van der Waals surface area contributed by atoms with Crippen molar-refractivity contribution in [1.82, 2.24) is 5.32 Å². The van der Waals surface area contributed by atoms with Gasteiger partial charge in [0.05, 0.1) is 19.1 Å². The molecule has 0 aliphatic carbocycles. The van der Waals surface area contributed by atoms with Gasteiger partial charge in [-0.25, -0.2) is 0 Å². The third-order valence-electron chi connectivity index (χ3n) is 1.43. The fourth-order valence-electron chi connectivity index (χ4n) is 0.628. The zero-order valence-electron chi connectivity index (χ0n) is 7.87. The summed E-state index contributed by atoms with van der Waals surface area (Å²) in [7, 11) is 0. The van der Waals surface area contributed by atoms with Gasteiger partial charge in [-0.1, -0.05) is 6.92 Å². The third-order valence-corrected chi connectivity index (χ3v) is 1.43. The van der Waals surface area contributed by atoms with Crippen LogP contribution in [0.2, 0.25) is 0 Å². The van der Waals surface area contributed by atoms with E-state index in [1.54, 1.807) is 13.8 Å². The molecule has 76 valence electrons. The minimum absolute atomic E-state index is 0.142. The number of carbonyl (C=O) groups is 2. The Labute approximate surface area is 77.1 Å². The van der Waals surface area contributed by atoms with Crippen molar-refractivity contribution in [2.45, 2.75) is 13.8 Å². The van der Waals surface area contributed by atoms with Gasteiger partial charge in [-0.2, -0.15) is 0 Å². The normalized spacial score (nSPS) is 11.9. The molecule has 0 aromatic carbocycles. The summed E-state index contributed by atoms with van der Waals surface area (Å²) in [5.74, 6) is -1.31. The highest BCUT2D eigenvalue weighted by atomic mass is 16.5. The Morgan fingerprint density at radius 1 is 1.54 bits per heavy atom. The van der Waals surface area contributed by atoms with E-state index in [1.165, 1.54) is 0 Å². The number of rotatable bonds is 5. The maximum absolute atomic E-state index is 11.0. The number of amides is 1. The fourth-order valence-corrected chi connectivity index (χ4v) is 0.628. The standard InChI is InChI=1S/C8H15NO4/c1-3-13-7(11)4-9-8(12)6(2)5-10/h6,10H,3-5H2,1-2H3,(H,9,12). The predicted octanol–water partition coefficient (Wildman–Crippen LogP) is -0.706. The number of carbonyl (C=O) groups excluding carboxylic acids is 2. The molecule has 5 heteroatoms. The fraction of sp³-hybridized carbons (Fsp3) is 0.750. The highest BCUT2D eigenvalue weighted by molar-refractivity contribution is 5.83. The Bertz CT molecular complexity index is 181. The summed E-state index contributed by atoms with van der Waals surface area (Å²) in [5.41, 5.74) is 0. The van der Waals surface area contributed by atoms with E-state index in [0.29, 0.717) is 6.61 Å². The molecule has 1 unspecified atom stereocenters. The van der Waals surface area contributed by atoms with Crippen molar-refractivity contribution in [1.29, 1.82) is 0 Å². The Kier molecular flexibility index (Phi) is 5.88. The van der Waals surface area contributed by atoms with Gasteiger partial charge in [0.2, 0.25) is 5.91 Å². The smallest absolute Gasteiger partial charge is 0.325 e. The van der Waals surface area contributed by atoms with Gasteiger partial charge in [0.1, 0.15) is 6.54 Å². The van der Waals surface area contributed by atoms with Gasteiger partial charge in [0, 0.05) is 0 Å². The average molecular weight is 189 g/mol. The van der Waals surface area contributed by atoms with Gasteiger partial charge in [0.15, 0.2) is 0 Å². The molecular weight excluding hydrogens is 174 g/mol. The first-order valence-corrected chi connectivity index (χ1v) is 4.16. The quantitative estimate of drug-likeness (QED) is 0.560.